The molecule has 242 valence electrons. The number of nitrogens with zero attached hydrogens (tertiary/aromatic N) is 2. The van der Waals surface area contributed by atoms with E-state index in [1.807, 2.05) is 12.1 Å². The van der Waals surface area contributed by atoms with Crippen molar-refractivity contribution in [3.63, 3.8) is 0 Å². The summed E-state index contributed by atoms with van der Waals surface area (Å²) in [6, 6.07) is 59.0. The number of rotatable bonds is 5. The van der Waals surface area contributed by atoms with Crippen molar-refractivity contribution in [1.29, 1.82) is 0 Å². The molecule has 0 amide bonds. The van der Waals surface area contributed by atoms with Crippen LogP contribution >= 0.6 is 0 Å². The molecule has 3 nitrogen and oxygen atoms in total. The van der Waals surface area contributed by atoms with E-state index in [9.17, 15) is 0 Å². The quantitative estimate of drug-likeness (QED) is 0.134. The molecule has 8 aromatic carbocycles. The van der Waals surface area contributed by atoms with Gasteiger partial charge >= 0.3 is 0 Å². The van der Waals surface area contributed by atoms with Crippen LogP contribution in [0.2, 0.25) is 0 Å². The van der Waals surface area contributed by atoms with Gasteiger partial charge in [0.05, 0.1) is 12.1 Å². The van der Waals surface area contributed by atoms with Gasteiger partial charge in [0.15, 0.2) is 12.3 Å². The molecule has 0 N–H and O–H groups in total. The first-order valence-corrected chi connectivity index (χ1v) is 17.7. The lowest BCUT2D eigenvalue weighted by atomic mass is 9.95. The van der Waals surface area contributed by atoms with Gasteiger partial charge in [0, 0.05) is 28.8 Å². The predicted octanol–water partition coefficient (Wildman–Crippen LogP) is 12.3. The molecule has 0 radical (unpaired) electrons. The molecule has 1 aliphatic rings. The summed E-state index contributed by atoms with van der Waals surface area (Å²) >= 11 is 0. The highest BCUT2D eigenvalue weighted by Crippen LogP contribution is 2.38. The Labute approximate surface area is 296 Å². The van der Waals surface area contributed by atoms with E-state index < -0.39 is 0 Å². The average molecular weight is 656 g/mol. The minimum Gasteiger partial charge on any atom is -0.456 e. The highest BCUT2D eigenvalue weighted by molar-refractivity contribution is 6.16. The summed E-state index contributed by atoms with van der Waals surface area (Å²) in [7, 11) is 0. The molecule has 2 heterocycles. The zero-order valence-corrected chi connectivity index (χ0v) is 28.4. The highest BCUT2D eigenvalue weighted by atomic mass is 16.3. The summed E-state index contributed by atoms with van der Waals surface area (Å²) in [6.07, 6.45) is 0.687. The lowest BCUT2D eigenvalue weighted by molar-refractivity contribution is -0.588. The van der Waals surface area contributed by atoms with Crippen molar-refractivity contribution in [3.8, 4) is 11.1 Å². The first-order chi connectivity index (χ1) is 25.2. The van der Waals surface area contributed by atoms with Gasteiger partial charge in [-0.05, 0) is 79.3 Å². The molecule has 0 fully saturated rings. The minimum atomic E-state index is -0.118. The van der Waals surface area contributed by atoms with Crippen molar-refractivity contribution in [2.45, 2.75) is 26.1 Å². The second-order valence-corrected chi connectivity index (χ2v) is 13.8. The monoisotopic (exact) mass is 655 g/mol. The number of hydrogen-bond donors (Lipinski definition) is 0. The van der Waals surface area contributed by atoms with E-state index in [-0.39, 0.29) is 6.17 Å². The predicted molar refractivity (Wildman–Crippen MR) is 213 cm³/mol. The number of para-hydroxylation sites is 1. The number of furan rings is 1. The van der Waals surface area contributed by atoms with Crippen LogP contribution < -0.4 is 0 Å². The smallest absolute Gasteiger partial charge is 0.272 e. The molecule has 9 aromatic rings. The summed E-state index contributed by atoms with van der Waals surface area (Å²) in [4.78, 5) is 5.51. The number of fused-ring (bicyclic) bond motifs is 7. The van der Waals surface area contributed by atoms with E-state index in [4.69, 9.17) is 9.41 Å². The first-order valence-electron chi connectivity index (χ1n) is 17.7. The Bertz CT molecular complexity index is 2880. The molecule has 0 aliphatic carbocycles. The second-order valence-electron chi connectivity index (χ2n) is 13.8. The van der Waals surface area contributed by atoms with Crippen LogP contribution in [0.4, 0.5) is 0 Å². The Morgan fingerprint density at radius 2 is 1.27 bits per heavy atom. The fraction of sp³-hybridized carbons (Fsp3) is 0.0833. The van der Waals surface area contributed by atoms with Crippen molar-refractivity contribution in [1.82, 2.24) is 0 Å². The van der Waals surface area contributed by atoms with E-state index >= 15 is 0 Å². The van der Waals surface area contributed by atoms with E-state index in [1.54, 1.807) is 0 Å². The molecule has 1 aliphatic heterocycles. The number of aliphatic imine (C=N–C) groups is 1. The third kappa shape index (κ3) is 5.13. The van der Waals surface area contributed by atoms with E-state index in [2.05, 4.69) is 163 Å². The second kappa shape index (κ2) is 11.9. The van der Waals surface area contributed by atoms with Gasteiger partial charge in [0.25, 0.3) is 6.17 Å². The molecule has 1 unspecified atom stereocenters. The lowest BCUT2D eigenvalue weighted by Crippen LogP contribution is -2.30. The Balaban J connectivity index is 1.03. The lowest BCUT2D eigenvalue weighted by Gasteiger charge is -2.22. The van der Waals surface area contributed by atoms with Gasteiger partial charge in [-0.1, -0.05) is 133 Å². The van der Waals surface area contributed by atoms with Crippen LogP contribution in [-0.4, -0.2) is 16.0 Å². The van der Waals surface area contributed by atoms with Gasteiger partial charge < -0.3 is 4.42 Å². The largest absolute Gasteiger partial charge is 0.456 e. The zero-order chi connectivity index (χ0) is 33.9. The Morgan fingerprint density at radius 3 is 2.18 bits per heavy atom. The molecule has 0 saturated carbocycles. The topological polar surface area (TPSA) is 28.5 Å². The zero-order valence-electron chi connectivity index (χ0n) is 28.4. The maximum atomic E-state index is 6.22. The molecule has 0 saturated heterocycles. The summed E-state index contributed by atoms with van der Waals surface area (Å²) < 4.78 is 8.70. The van der Waals surface area contributed by atoms with Gasteiger partial charge in [-0.2, -0.15) is 0 Å². The molecule has 1 aromatic heterocycles. The summed E-state index contributed by atoms with van der Waals surface area (Å²) in [5.74, 6) is 0. The van der Waals surface area contributed by atoms with Crippen LogP contribution in [0.25, 0.3) is 65.4 Å². The first kappa shape index (κ1) is 29.6. The van der Waals surface area contributed by atoms with Crippen LogP contribution in [0.5, 0.6) is 0 Å². The van der Waals surface area contributed by atoms with Gasteiger partial charge in [-0.25, -0.2) is 9.57 Å². The number of hydrogen-bond acceptors (Lipinski definition) is 2. The fourth-order valence-electron chi connectivity index (χ4n) is 8.05. The van der Waals surface area contributed by atoms with Crippen molar-refractivity contribution in [2.24, 2.45) is 4.99 Å². The van der Waals surface area contributed by atoms with Crippen LogP contribution in [0.3, 0.4) is 0 Å². The SMILES string of the molecule is CC1=[N+](Cc2ccc3ccc(-c4cccc5oc6ccccc6c45)cc3c2)C(c2ccccc2)N=C(c2ccc3ccc4ccccc4c3c2)C1. The maximum Gasteiger partial charge on any atom is 0.272 e. The fourth-order valence-corrected chi connectivity index (χ4v) is 8.05. The maximum absolute atomic E-state index is 6.22. The van der Waals surface area contributed by atoms with Crippen LogP contribution in [0.15, 0.2) is 173 Å². The average Bonchev–Trinajstić information content (AvgIpc) is 3.57. The standard InChI is InChI=1S/C48H35N2O/c1-31-26-44(38-25-23-35-22-21-34-10-5-6-13-40(34)43(35)29-38)49-48(36-11-3-2-4-12-36)50(31)30-32-18-19-33-20-24-37(28-39(33)27-32)41-15-9-17-46-47(41)42-14-7-8-16-45(42)51-46/h2-25,27-29,48H,26,30H2,1H3/q+1. The third-order valence-corrected chi connectivity index (χ3v) is 10.6. The summed E-state index contributed by atoms with van der Waals surface area (Å²) in [6.45, 7) is 3.04. The Kier molecular flexibility index (Phi) is 6.92. The van der Waals surface area contributed by atoms with Crippen molar-refractivity contribution in [3.05, 3.63) is 180 Å². The number of benzene rings is 8. The normalized spacial score (nSPS) is 15.0. The minimum absolute atomic E-state index is 0.118. The van der Waals surface area contributed by atoms with E-state index in [1.165, 1.54) is 71.2 Å². The summed E-state index contributed by atoms with van der Waals surface area (Å²) in [5, 5.41) is 9.85. The van der Waals surface area contributed by atoms with Crippen molar-refractivity contribution < 1.29 is 8.99 Å². The molecule has 1 atom stereocenters. The van der Waals surface area contributed by atoms with Gasteiger partial charge in [-0.15, -0.1) is 0 Å². The molecule has 10 rings (SSSR count). The Morgan fingerprint density at radius 1 is 0.569 bits per heavy atom. The van der Waals surface area contributed by atoms with Crippen LogP contribution in [0, 0.1) is 0 Å². The third-order valence-electron chi connectivity index (χ3n) is 10.6. The highest BCUT2D eigenvalue weighted by Gasteiger charge is 2.31. The van der Waals surface area contributed by atoms with Gasteiger partial charge in [-0.3, -0.25) is 0 Å². The van der Waals surface area contributed by atoms with Gasteiger partial charge in [0.1, 0.15) is 11.2 Å². The van der Waals surface area contributed by atoms with E-state index in [0.29, 0.717) is 0 Å². The molecular weight excluding hydrogens is 621 g/mol. The van der Waals surface area contributed by atoms with Crippen LogP contribution in [-0.2, 0) is 6.54 Å². The van der Waals surface area contributed by atoms with Gasteiger partial charge in [0.2, 0.25) is 0 Å². The van der Waals surface area contributed by atoms with Crippen molar-refractivity contribution in [2.75, 3.05) is 0 Å². The molecule has 51 heavy (non-hydrogen) atoms. The van der Waals surface area contributed by atoms with Crippen molar-refractivity contribution >= 4 is 65.7 Å². The summed E-state index contributed by atoms with van der Waals surface area (Å²) in [5.41, 5.74) is 10.3. The molecule has 0 spiro atoms. The van der Waals surface area contributed by atoms with E-state index in [0.717, 1.165) is 35.2 Å². The molecule has 0 bridgehead atoms. The molecule has 3 heteroatoms. The van der Waals surface area contributed by atoms with Crippen LogP contribution in [0.1, 0.15) is 36.2 Å². The Hall–Kier alpha value is -6.32. The molecular formula is C48H35N2O+.